The Kier molecular flexibility index (Phi) is 3.55. The summed E-state index contributed by atoms with van der Waals surface area (Å²) in [6.45, 7) is 5.00. The minimum atomic E-state index is -0.432. The molecule has 4 nitrogen and oxygen atoms in total. The number of carbonyl (C=O) groups excluding carboxylic acids is 1. The van der Waals surface area contributed by atoms with E-state index >= 15 is 0 Å². The molecule has 1 rings (SSSR count). The Hall–Kier alpha value is -1.97. The fourth-order valence-electron chi connectivity index (χ4n) is 1.27. The molecule has 0 spiro atoms. The van der Waals surface area contributed by atoms with Crippen LogP contribution in [0.5, 0.6) is 0 Å². The van der Waals surface area contributed by atoms with Gasteiger partial charge in [-0.2, -0.15) is 0 Å². The van der Waals surface area contributed by atoms with Crippen molar-refractivity contribution < 1.29 is 9.72 Å². The molecule has 0 fully saturated rings. The van der Waals surface area contributed by atoms with Gasteiger partial charge in [-0.1, -0.05) is 0 Å². The minimum absolute atomic E-state index is 0.00208. The molecule has 0 unspecified atom stereocenters. The van der Waals surface area contributed by atoms with Crippen LogP contribution in [0.2, 0.25) is 0 Å². The summed E-state index contributed by atoms with van der Waals surface area (Å²) in [6, 6.07) is 4.59. The van der Waals surface area contributed by atoms with E-state index in [2.05, 4.69) is 0 Å². The number of ketones is 1. The third-order valence-electron chi connectivity index (χ3n) is 2.39. The van der Waals surface area contributed by atoms with Crippen LogP contribution >= 0.6 is 0 Å². The van der Waals surface area contributed by atoms with Crippen LogP contribution in [0.15, 0.2) is 23.8 Å². The average molecular weight is 219 g/mol. The lowest BCUT2D eigenvalue weighted by Crippen LogP contribution is -1.93. The first-order valence-electron chi connectivity index (χ1n) is 4.86. The van der Waals surface area contributed by atoms with Gasteiger partial charge in [0.1, 0.15) is 0 Å². The van der Waals surface area contributed by atoms with E-state index in [4.69, 9.17) is 0 Å². The van der Waals surface area contributed by atoms with Crippen molar-refractivity contribution in [2.75, 3.05) is 0 Å². The van der Waals surface area contributed by atoms with Crippen LogP contribution in [0, 0.1) is 17.0 Å². The van der Waals surface area contributed by atoms with E-state index < -0.39 is 4.92 Å². The lowest BCUT2D eigenvalue weighted by atomic mass is 10.0. The van der Waals surface area contributed by atoms with E-state index in [9.17, 15) is 14.9 Å². The molecule has 84 valence electrons. The Balaban J connectivity index is 3.14. The van der Waals surface area contributed by atoms with Crippen LogP contribution in [0.25, 0.3) is 6.08 Å². The normalized spacial score (nSPS) is 11.3. The van der Waals surface area contributed by atoms with E-state index in [1.54, 1.807) is 26.0 Å². The fourth-order valence-corrected chi connectivity index (χ4v) is 1.27. The molecular formula is C12H13NO3. The summed E-state index contributed by atoms with van der Waals surface area (Å²) in [5.41, 5.74) is 2.32. The molecule has 0 aliphatic heterocycles. The van der Waals surface area contributed by atoms with Crippen molar-refractivity contribution in [1.29, 1.82) is 0 Å². The predicted octanol–water partition coefficient (Wildman–Crippen LogP) is 2.90. The topological polar surface area (TPSA) is 60.2 Å². The van der Waals surface area contributed by atoms with E-state index in [0.29, 0.717) is 5.57 Å². The molecule has 0 aliphatic carbocycles. The minimum Gasteiger partial charge on any atom is -0.295 e. The number of carbonyl (C=O) groups is 1. The van der Waals surface area contributed by atoms with Crippen molar-refractivity contribution >= 4 is 17.5 Å². The zero-order valence-electron chi connectivity index (χ0n) is 9.48. The maximum atomic E-state index is 11.1. The maximum Gasteiger partial charge on any atom is 0.269 e. The summed E-state index contributed by atoms with van der Waals surface area (Å²) in [4.78, 5) is 21.2. The molecule has 0 bridgehead atoms. The van der Waals surface area contributed by atoms with Crippen molar-refractivity contribution in [3.05, 3.63) is 45.0 Å². The van der Waals surface area contributed by atoms with Crippen LogP contribution in [0.3, 0.4) is 0 Å². The Labute approximate surface area is 93.7 Å². The third-order valence-corrected chi connectivity index (χ3v) is 2.39. The highest BCUT2D eigenvalue weighted by atomic mass is 16.6. The summed E-state index contributed by atoms with van der Waals surface area (Å²) in [6.07, 6.45) is 1.74. The molecular weight excluding hydrogens is 206 g/mol. The quantitative estimate of drug-likeness (QED) is 0.446. The number of hydrogen-bond donors (Lipinski definition) is 0. The smallest absolute Gasteiger partial charge is 0.269 e. The van der Waals surface area contributed by atoms with Gasteiger partial charge in [0.15, 0.2) is 5.78 Å². The van der Waals surface area contributed by atoms with Crippen LogP contribution in [-0.4, -0.2) is 10.7 Å². The lowest BCUT2D eigenvalue weighted by molar-refractivity contribution is -0.384. The molecule has 4 heteroatoms. The van der Waals surface area contributed by atoms with Gasteiger partial charge in [-0.05, 0) is 49.6 Å². The Bertz CT molecular complexity index is 475. The second-order valence-corrected chi connectivity index (χ2v) is 3.68. The van der Waals surface area contributed by atoms with Crippen LogP contribution in [-0.2, 0) is 4.79 Å². The second-order valence-electron chi connectivity index (χ2n) is 3.68. The molecule has 1 aromatic rings. The fraction of sp³-hybridized carbons (Fsp3) is 0.250. The van der Waals surface area contributed by atoms with Gasteiger partial charge in [-0.3, -0.25) is 14.9 Å². The van der Waals surface area contributed by atoms with Crippen molar-refractivity contribution in [1.82, 2.24) is 0 Å². The number of non-ortho nitro benzene ring substituents is 1. The van der Waals surface area contributed by atoms with Gasteiger partial charge in [0.25, 0.3) is 5.69 Å². The molecule has 0 atom stereocenters. The van der Waals surface area contributed by atoms with Crippen LogP contribution < -0.4 is 0 Å². The number of Topliss-reactive ketones (excluding diaryl/α,β-unsaturated/α-hetero) is 1. The van der Waals surface area contributed by atoms with Gasteiger partial charge in [-0.15, -0.1) is 0 Å². The summed E-state index contributed by atoms with van der Waals surface area (Å²) in [5, 5.41) is 10.5. The van der Waals surface area contributed by atoms with Gasteiger partial charge >= 0.3 is 0 Å². The monoisotopic (exact) mass is 219 g/mol. The Morgan fingerprint density at radius 2 is 2.00 bits per heavy atom. The average Bonchev–Trinajstić information content (AvgIpc) is 2.20. The van der Waals surface area contributed by atoms with Gasteiger partial charge < -0.3 is 0 Å². The molecule has 0 saturated heterocycles. The number of benzene rings is 1. The van der Waals surface area contributed by atoms with Crippen molar-refractivity contribution in [3.63, 3.8) is 0 Å². The summed E-state index contributed by atoms with van der Waals surface area (Å²) < 4.78 is 0. The molecule has 0 aliphatic rings. The highest BCUT2D eigenvalue weighted by molar-refractivity contribution is 5.97. The summed E-state index contributed by atoms with van der Waals surface area (Å²) in [5.74, 6) is -0.00208. The third kappa shape index (κ3) is 2.76. The van der Waals surface area contributed by atoms with E-state index in [1.807, 2.05) is 0 Å². The highest BCUT2D eigenvalue weighted by Gasteiger charge is 2.07. The molecule has 1 aromatic carbocycles. The number of nitro groups is 1. The largest absolute Gasteiger partial charge is 0.295 e. The standard InChI is InChI=1S/C12H13NO3/c1-8(10(3)14)6-11-4-5-12(13(15)16)7-9(11)2/h4-7H,1-3H3/b8-6+. The first kappa shape index (κ1) is 12.1. The number of aryl methyl sites for hydroxylation is 1. The molecule has 0 radical (unpaired) electrons. The van der Waals surface area contributed by atoms with E-state index in [0.717, 1.165) is 11.1 Å². The predicted molar refractivity (Wildman–Crippen MR) is 62.2 cm³/mol. The zero-order chi connectivity index (χ0) is 12.3. The first-order chi connectivity index (χ1) is 7.41. The first-order valence-corrected chi connectivity index (χ1v) is 4.86. The summed E-state index contributed by atoms with van der Waals surface area (Å²) >= 11 is 0. The van der Waals surface area contributed by atoms with Gasteiger partial charge in [0.2, 0.25) is 0 Å². The van der Waals surface area contributed by atoms with Crippen molar-refractivity contribution in [3.8, 4) is 0 Å². The molecule has 16 heavy (non-hydrogen) atoms. The number of rotatable bonds is 3. The zero-order valence-corrected chi connectivity index (χ0v) is 9.48. The number of nitrogens with zero attached hydrogens (tertiary/aromatic N) is 1. The van der Waals surface area contributed by atoms with E-state index in [1.165, 1.54) is 19.1 Å². The van der Waals surface area contributed by atoms with Crippen molar-refractivity contribution in [2.24, 2.45) is 0 Å². The maximum absolute atomic E-state index is 11.1. The number of hydrogen-bond acceptors (Lipinski definition) is 3. The number of allylic oxidation sites excluding steroid dienone is 1. The Morgan fingerprint density at radius 1 is 1.38 bits per heavy atom. The Morgan fingerprint density at radius 3 is 2.44 bits per heavy atom. The molecule has 0 heterocycles. The SMILES string of the molecule is CC(=O)/C(C)=C/c1ccc([N+](=O)[O-])cc1C. The van der Waals surface area contributed by atoms with Gasteiger partial charge in [0.05, 0.1) is 4.92 Å². The van der Waals surface area contributed by atoms with Crippen LogP contribution in [0.4, 0.5) is 5.69 Å². The molecule has 0 aromatic heterocycles. The highest BCUT2D eigenvalue weighted by Crippen LogP contribution is 2.19. The molecule has 0 amide bonds. The summed E-state index contributed by atoms with van der Waals surface area (Å²) in [7, 11) is 0. The number of nitro benzene ring substituents is 1. The second kappa shape index (κ2) is 4.70. The van der Waals surface area contributed by atoms with Crippen molar-refractivity contribution in [2.45, 2.75) is 20.8 Å². The van der Waals surface area contributed by atoms with Gasteiger partial charge in [-0.25, -0.2) is 0 Å². The van der Waals surface area contributed by atoms with Gasteiger partial charge in [0, 0.05) is 12.1 Å². The molecule has 0 N–H and O–H groups in total. The molecule has 0 saturated carbocycles. The lowest BCUT2D eigenvalue weighted by Gasteiger charge is -2.01. The van der Waals surface area contributed by atoms with Crippen LogP contribution in [0.1, 0.15) is 25.0 Å². The van der Waals surface area contributed by atoms with E-state index in [-0.39, 0.29) is 11.5 Å².